The van der Waals surface area contributed by atoms with Gasteiger partial charge in [-0.25, -0.2) is 0 Å². The zero-order valence-electron chi connectivity index (χ0n) is 11.2. The Labute approximate surface area is 114 Å². The summed E-state index contributed by atoms with van der Waals surface area (Å²) in [6.45, 7) is 4.62. The number of rotatable bonds is 1. The molecule has 0 aliphatic carbocycles. The molecular formula is C14H24O3S. The highest BCUT2D eigenvalue weighted by Gasteiger charge is 2.50. The van der Waals surface area contributed by atoms with E-state index in [1.54, 1.807) is 0 Å². The van der Waals surface area contributed by atoms with Crippen LogP contribution in [0.1, 0.15) is 39.0 Å². The highest BCUT2D eigenvalue weighted by Crippen LogP contribution is 2.48. The fourth-order valence-electron chi connectivity index (χ4n) is 3.83. The Kier molecular flexibility index (Phi) is 3.65. The highest BCUT2D eigenvalue weighted by molar-refractivity contribution is 8.00. The lowest BCUT2D eigenvalue weighted by Gasteiger charge is -2.48. The van der Waals surface area contributed by atoms with Crippen molar-refractivity contribution in [1.29, 1.82) is 0 Å². The van der Waals surface area contributed by atoms with Crippen LogP contribution in [0.2, 0.25) is 0 Å². The number of hydrogen-bond donors (Lipinski definition) is 1. The number of aliphatic hydroxyl groups is 1. The lowest BCUT2D eigenvalue weighted by molar-refractivity contribution is -0.174. The third-order valence-electron chi connectivity index (χ3n) is 5.18. The first-order chi connectivity index (χ1) is 8.65. The molecule has 3 aliphatic heterocycles. The van der Waals surface area contributed by atoms with Gasteiger partial charge in [0, 0.05) is 25.1 Å². The van der Waals surface area contributed by atoms with Gasteiger partial charge in [-0.15, -0.1) is 0 Å². The molecule has 3 rings (SSSR count). The molecule has 3 nitrogen and oxygen atoms in total. The molecule has 0 aromatic rings. The average Bonchev–Trinajstić information content (AvgIpc) is 2.72. The molecule has 0 aromatic heterocycles. The first-order valence-corrected chi connectivity index (χ1v) is 8.25. The molecule has 0 bridgehead atoms. The first kappa shape index (κ1) is 13.2. The molecular weight excluding hydrogens is 248 g/mol. The van der Waals surface area contributed by atoms with Crippen molar-refractivity contribution >= 4 is 11.8 Å². The van der Waals surface area contributed by atoms with Gasteiger partial charge >= 0.3 is 0 Å². The topological polar surface area (TPSA) is 38.7 Å². The summed E-state index contributed by atoms with van der Waals surface area (Å²) < 4.78 is 11.5. The van der Waals surface area contributed by atoms with Crippen molar-refractivity contribution in [3.63, 3.8) is 0 Å². The summed E-state index contributed by atoms with van der Waals surface area (Å²) in [4.78, 5) is 0. The van der Waals surface area contributed by atoms with E-state index in [1.165, 1.54) is 0 Å². The number of hydrogen-bond acceptors (Lipinski definition) is 4. The fraction of sp³-hybridized carbons (Fsp3) is 1.00. The van der Waals surface area contributed by atoms with Crippen LogP contribution in [0.5, 0.6) is 0 Å². The van der Waals surface area contributed by atoms with Gasteiger partial charge in [0.25, 0.3) is 0 Å². The first-order valence-electron chi connectivity index (χ1n) is 7.20. The molecule has 0 saturated carbocycles. The lowest BCUT2D eigenvalue weighted by atomic mass is 9.71. The van der Waals surface area contributed by atoms with Gasteiger partial charge in [0.05, 0.1) is 11.2 Å². The summed E-state index contributed by atoms with van der Waals surface area (Å²) in [6.07, 6.45) is 5.00. The SMILES string of the molecule is CC1SCCC1(O)C1CCOC2(CCOCC2)C1. The van der Waals surface area contributed by atoms with E-state index in [0.29, 0.717) is 11.2 Å². The molecule has 3 fully saturated rings. The number of thioether (sulfide) groups is 1. The van der Waals surface area contributed by atoms with Crippen LogP contribution in [-0.2, 0) is 9.47 Å². The van der Waals surface area contributed by atoms with E-state index in [2.05, 4.69) is 6.92 Å². The molecule has 1 N–H and O–H groups in total. The summed E-state index contributed by atoms with van der Waals surface area (Å²) in [6, 6.07) is 0. The van der Waals surface area contributed by atoms with Crippen LogP contribution >= 0.6 is 11.8 Å². The van der Waals surface area contributed by atoms with Crippen molar-refractivity contribution in [2.45, 2.75) is 55.5 Å². The van der Waals surface area contributed by atoms with Gasteiger partial charge in [-0.3, -0.25) is 0 Å². The van der Waals surface area contributed by atoms with Crippen LogP contribution in [0.4, 0.5) is 0 Å². The van der Waals surface area contributed by atoms with Crippen molar-refractivity contribution in [3.8, 4) is 0 Å². The largest absolute Gasteiger partial charge is 0.388 e. The standard InChI is InChI=1S/C14H24O3S/c1-11-14(15,5-9-18-11)12-2-6-17-13(10-12)3-7-16-8-4-13/h11-12,15H,2-10H2,1H3. The molecule has 0 aromatic carbocycles. The Morgan fingerprint density at radius 1 is 1.17 bits per heavy atom. The molecule has 3 heterocycles. The maximum absolute atomic E-state index is 11.0. The van der Waals surface area contributed by atoms with E-state index in [4.69, 9.17) is 9.47 Å². The van der Waals surface area contributed by atoms with Gasteiger partial charge in [0.1, 0.15) is 0 Å². The number of ether oxygens (including phenoxy) is 2. The molecule has 1 spiro atoms. The van der Waals surface area contributed by atoms with Crippen molar-refractivity contribution in [2.24, 2.45) is 5.92 Å². The monoisotopic (exact) mass is 272 g/mol. The molecule has 104 valence electrons. The van der Waals surface area contributed by atoms with Crippen molar-refractivity contribution in [3.05, 3.63) is 0 Å². The van der Waals surface area contributed by atoms with Crippen LogP contribution in [0, 0.1) is 5.92 Å². The summed E-state index contributed by atoms with van der Waals surface area (Å²) >= 11 is 1.92. The maximum Gasteiger partial charge on any atom is 0.0800 e. The van der Waals surface area contributed by atoms with Gasteiger partial charge < -0.3 is 14.6 Å². The van der Waals surface area contributed by atoms with Gasteiger partial charge in [0.15, 0.2) is 0 Å². The average molecular weight is 272 g/mol. The van der Waals surface area contributed by atoms with E-state index in [1.807, 2.05) is 11.8 Å². The normalized spacial score (nSPS) is 44.3. The predicted molar refractivity (Wildman–Crippen MR) is 72.9 cm³/mol. The molecule has 3 unspecified atom stereocenters. The van der Waals surface area contributed by atoms with Crippen LogP contribution < -0.4 is 0 Å². The second kappa shape index (κ2) is 4.97. The predicted octanol–water partition coefficient (Wildman–Crippen LogP) is 2.22. The van der Waals surface area contributed by atoms with Crippen molar-refractivity contribution < 1.29 is 14.6 Å². The summed E-state index contributed by atoms with van der Waals surface area (Å²) in [5.41, 5.74) is -0.455. The Morgan fingerprint density at radius 3 is 2.61 bits per heavy atom. The van der Waals surface area contributed by atoms with E-state index in [9.17, 15) is 5.11 Å². The minimum atomic E-state index is -0.459. The van der Waals surface area contributed by atoms with Crippen LogP contribution in [-0.4, -0.2) is 47.1 Å². The fourth-order valence-corrected chi connectivity index (χ4v) is 5.23. The third kappa shape index (κ3) is 2.21. The molecule has 0 radical (unpaired) electrons. The molecule has 3 saturated heterocycles. The van der Waals surface area contributed by atoms with Gasteiger partial charge in [-0.1, -0.05) is 6.92 Å². The molecule has 4 heteroatoms. The van der Waals surface area contributed by atoms with Gasteiger partial charge in [-0.2, -0.15) is 11.8 Å². The quantitative estimate of drug-likeness (QED) is 0.794. The van der Waals surface area contributed by atoms with Crippen molar-refractivity contribution in [1.82, 2.24) is 0 Å². The summed E-state index contributed by atoms with van der Waals surface area (Å²) in [7, 11) is 0. The van der Waals surface area contributed by atoms with E-state index in [-0.39, 0.29) is 5.60 Å². The summed E-state index contributed by atoms with van der Waals surface area (Å²) in [5.74, 6) is 1.51. The van der Waals surface area contributed by atoms with Crippen LogP contribution in [0.15, 0.2) is 0 Å². The summed E-state index contributed by atoms with van der Waals surface area (Å²) in [5, 5.41) is 11.4. The Bertz CT molecular complexity index is 298. The van der Waals surface area contributed by atoms with Gasteiger partial charge in [0.2, 0.25) is 0 Å². The van der Waals surface area contributed by atoms with E-state index < -0.39 is 5.60 Å². The highest BCUT2D eigenvalue weighted by atomic mass is 32.2. The Morgan fingerprint density at radius 2 is 1.94 bits per heavy atom. The zero-order chi connectivity index (χ0) is 12.6. The second-order valence-electron chi connectivity index (χ2n) is 6.09. The maximum atomic E-state index is 11.0. The molecule has 3 atom stereocenters. The molecule has 18 heavy (non-hydrogen) atoms. The van der Waals surface area contributed by atoms with Gasteiger partial charge in [-0.05, 0) is 43.8 Å². The minimum absolute atomic E-state index is 0.00384. The zero-order valence-corrected chi connectivity index (χ0v) is 12.0. The Hall–Kier alpha value is 0.230. The minimum Gasteiger partial charge on any atom is -0.388 e. The molecule has 3 aliphatic rings. The van der Waals surface area contributed by atoms with Crippen LogP contribution in [0.25, 0.3) is 0 Å². The smallest absolute Gasteiger partial charge is 0.0800 e. The lowest BCUT2D eigenvalue weighted by Crippen LogP contribution is -2.52. The van der Waals surface area contributed by atoms with Crippen molar-refractivity contribution in [2.75, 3.05) is 25.6 Å². The molecule has 0 amide bonds. The van der Waals surface area contributed by atoms with E-state index >= 15 is 0 Å². The van der Waals surface area contributed by atoms with Crippen LogP contribution in [0.3, 0.4) is 0 Å². The van der Waals surface area contributed by atoms with E-state index in [0.717, 1.165) is 57.7 Å². The Balaban J connectivity index is 1.73. The third-order valence-corrected chi connectivity index (χ3v) is 6.53. The second-order valence-corrected chi connectivity index (χ2v) is 7.54.